The van der Waals surface area contributed by atoms with Crippen molar-refractivity contribution >= 4 is 0 Å². The zero-order valence-corrected chi connectivity index (χ0v) is 12.5. The third-order valence-electron chi connectivity index (χ3n) is 4.36. The average Bonchev–Trinajstić information content (AvgIpc) is 3.10. The molecule has 3 N–H and O–H groups in total. The van der Waals surface area contributed by atoms with Gasteiger partial charge in [-0.3, -0.25) is 5.10 Å². The Kier molecular flexibility index (Phi) is 4.08. The van der Waals surface area contributed by atoms with Gasteiger partial charge in [0.1, 0.15) is 0 Å². The molecule has 0 spiro atoms. The molecule has 0 bridgehead atoms. The van der Waals surface area contributed by atoms with Gasteiger partial charge in [0.05, 0.1) is 17.5 Å². The highest BCUT2D eigenvalue weighted by Gasteiger charge is 2.30. The molecule has 112 valence electrons. The number of rotatable bonds is 5. The van der Waals surface area contributed by atoms with Crippen LogP contribution in [0.4, 0.5) is 0 Å². The molecule has 1 heterocycles. The Balaban J connectivity index is 1.64. The molecule has 0 unspecified atom stereocenters. The number of hydrogen-bond donors (Lipinski definition) is 3. The summed E-state index contributed by atoms with van der Waals surface area (Å²) in [5.41, 5.74) is 4.09. The fraction of sp³-hybridized carbons (Fsp3) is 0.471. The highest BCUT2D eigenvalue weighted by atomic mass is 16.3. The van der Waals surface area contributed by atoms with Crippen molar-refractivity contribution in [2.75, 3.05) is 6.54 Å². The van der Waals surface area contributed by atoms with Gasteiger partial charge in [0.15, 0.2) is 0 Å². The van der Waals surface area contributed by atoms with Crippen molar-refractivity contribution in [3.05, 3.63) is 41.6 Å². The van der Waals surface area contributed by atoms with E-state index in [-0.39, 0.29) is 0 Å². The number of aromatic amines is 1. The average molecular weight is 285 g/mol. The molecule has 0 aliphatic heterocycles. The van der Waals surface area contributed by atoms with Gasteiger partial charge in [0.25, 0.3) is 0 Å². The Morgan fingerprint density at radius 1 is 1.24 bits per heavy atom. The van der Waals surface area contributed by atoms with Crippen molar-refractivity contribution in [2.24, 2.45) is 0 Å². The lowest BCUT2D eigenvalue weighted by Crippen LogP contribution is -2.37. The molecular weight excluding hydrogens is 262 g/mol. The summed E-state index contributed by atoms with van der Waals surface area (Å²) in [6.07, 6.45) is 5.96. The smallest absolute Gasteiger partial charge is 0.0771 e. The van der Waals surface area contributed by atoms with Gasteiger partial charge in [0, 0.05) is 18.7 Å². The fourth-order valence-electron chi connectivity index (χ4n) is 3.06. The minimum Gasteiger partial charge on any atom is -0.389 e. The van der Waals surface area contributed by atoms with Crippen LogP contribution in [0.5, 0.6) is 0 Å². The third-order valence-corrected chi connectivity index (χ3v) is 4.36. The SMILES string of the molecule is Cc1ccc(-c2[nH]ncc2CNCC2(O)CCCC2)cc1. The largest absolute Gasteiger partial charge is 0.389 e. The molecule has 1 aliphatic rings. The summed E-state index contributed by atoms with van der Waals surface area (Å²) in [6, 6.07) is 8.43. The molecule has 21 heavy (non-hydrogen) atoms. The van der Waals surface area contributed by atoms with Crippen molar-refractivity contribution in [3.63, 3.8) is 0 Å². The minimum absolute atomic E-state index is 0.506. The van der Waals surface area contributed by atoms with E-state index in [9.17, 15) is 5.11 Å². The van der Waals surface area contributed by atoms with E-state index in [0.29, 0.717) is 6.54 Å². The fourth-order valence-corrected chi connectivity index (χ4v) is 3.06. The second kappa shape index (κ2) is 6.00. The molecule has 1 aliphatic carbocycles. The minimum atomic E-state index is -0.506. The first-order chi connectivity index (χ1) is 10.2. The maximum absolute atomic E-state index is 10.4. The van der Waals surface area contributed by atoms with E-state index >= 15 is 0 Å². The summed E-state index contributed by atoms with van der Waals surface area (Å²) < 4.78 is 0. The molecular formula is C17H23N3O. The van der Waals surface area contributed by atoms with Crippen LogP contribution in [0.3, 0.4) is 0 Å². The van der Waals surface area contributed by atoms with E-state index in [2.05, 4.69) is 46.7 Å². The Bertz CT molecular complexity index is 582. The van der Waals surface area contributed by atoms with E-state index < -0.39 is 5.60 Å². The van der Waals surface area contributed by atoms with Gasteiger partial charge in [-0.1, -0.05) is 42.7 Å². The van der Waals surface area contributed by atoms with Crippen molar-refractivity contribution in [1.82, 2.24) is 15.5 Å². The van der Waals surface area contributed by atoms with E-state index in [1.54, 1.807) is 0 Å². The predicted molar refractivity (Wildman–Crippen MR) is 83.9 cm³/mol. The van der Waals surface area contributed by atoms with Gasteiger partial charge >= 0.3 is 0 Å². The molecule has 0 amide bonds. The van der Waals surface area contributed by atoms with Crippen LogP contribution in [0.25, 0.3) is 11.3 Å². The standard InChI is InChI=1S/C17H23N3O/c1-13-4-6-14(7-5-13)16-15(11-19-20-16)10-18-12-17(21)8-2-3-9-17/h4-7,11,18,21H,2-3,8-10,12H2,1H3,(H,19,20). The van der Waals surface area contributed by atoms with Crippen LogP contribution in [0.15, 0.2) is 30.5 Å². The molecule has 2 aromatic rings. The zero-order chi connectivity index (χ0) is 14.7. The normalized spacial score (nSPS) is 17.2. The second-order valence-electron chi connectivity index (χ2n) is 6.17. The lowest BCUT2D eigenvalue weighted by atomic mass is 10.0. The van der Waals surface area contributed by atoms with Crippen LogP contribution in [-0.4, -0.2) is 27.4 Å². The highest BCUT2D eigenvalue weighted by Crippen LogP contribution is 2.29. The monoisotopic (exact) mass is 285 g/mol. The zero-order valence-electron chi connectivity index (χ0n) is 12.5. The van der Waals surface area contributed by atoms with Crippen LogP contribution in [-0.2, 0) is 6.54 Å². The van der Waals surface area contributed by atoms with Crippen LogP contribution >= 0.6 is 0 Å². The first kappa shape index (κ1) is 14.3. The van der Waals surface area contributed by atoms with Crippen LogP contribution < -0.4 is 5.32 Å². The molecule has 0 atom stereocenters. The third kappa shape index (κ3) is 3.34. The lowest BCUT2D eigenvalue weighted by molar-refractivity contribution is 0.0475. The summed E-state index contributed by atoms with van der Waals surface area (Å²) >= 11 is 0. The number of aryl methyl sites for hydroxylation is 1. The molecule has 3 rings (SSSR count). The number of benzene rings is 1. The van der Waals surface area contributed by atoms with E-state index in [0.717, 1.165) is 49.0 Å². The summed E-state index contributed by atoms with van der Waals surface area (Å²) in [5, 5.41) is 21.0. The Morgan fingerprint density at radius 2 is 1.95 bits per heavy atom. The van der Waals surface area contributed by atoms with Gasteiger partial charge in [0.2, 0.25) is 0 Å². The van der Waals surface area contributed by atoms with Gasteiger partial charge in [-0.2, -0.15) is 5.10 Å². The maximum atomic E-state index is 10.4. The molecule has 4 nitrogen and oxygen atoms in total. The molecule has 0 radical (unpaired) electrons. The summed E-state index contributed by atoms with van der Waals surface area (Å²) in [4.78, 5) is 0. The lowest BCUT2D eigenvalue weighted by Gasteiger charge is -2.22. The summed E-state index contributed by atoms with van der Waals surface area (Å²) in [5.74, 6) is 0. The number of aromatic nitrogens is 2. The molecule has 1 saturated carbocycles. The second-order valence-corrected chi connectivity index (χ2v) is 6.17. The van der Waals surface area contributed by atoms with Crippen molar-refractivity contribution in [1.29, 1.82) is 0 Å². The van der Waals surface area contributed by atoms with Crippen molar-refractivity contribution in [2.45, 2.75) is 44.8 Å². The molecule has 1 aromatic carbocycles. The maximum Gasteiger partial charge on any atom is 0.0771 e. The number of nitrogens with zero attached hydrogens (tertiary/aromatic N) is 1. The number of nitrogens with one attached hydrogen (secondary N) is 2. The van der Waals surface area contributed by atoms with Crippen molar-refractivity contribution < 1.29 is 5.11 Å². The number of H-pyrrole nitrogens is 1. The van der Waals surface area contributed by atoms with Crippen LogP contribution in [0.1, 0.15) is 36.8 Å². The van der Waals surface area contributed by atoms with E-state index in [1.807, 2.05) is 6.20 Å². The van der Waals surface area contributed by atoms with E-state index in [1.165, 1.54) is 5.56 Å². The Labute approximate surface area is 125 Å². The van der Waals surface area contributed by atoms with Gasteiger partial charge < -0.3 is 10.4 Å². The number of hydrogen-bond acceptors (Lipinski definition) is 3. The summed E-state index contributed by atoms with van der Waals surface area (Å²) in [6.45, 7) is 3.47. The Morgan fingerprint density at radius 3 is 2.67 bits per heavy atom. The molecule has 1 fully saturated rings. The van der Waals surface area contributed by atoms with Crippen molar-refractivity contribution in [3.8, 4) is 11.3 Å². The molecule has 0 saturated heterocycles. The predicted octanol–water partition coefficient (Wildman–Crippen LogP) is 2.78. The first-order valence-corrected chi connectivity index (χ1v) is 7.69. The van der Waals surface area contributed by atoms with Crippen LogP contribution in [0, 0.1) is 6.92 Å². The van der Waals surface area contributed by atoms with E-state index in [4.69, 9.17) is 0 Å². The first-order valence-electron chi connectivity index (χ1n) is 7.69. The quantitative estimate of drug-likeness (QED) is 0.791. The van der Waals surface area contributed by atoms with Gasteiger partial charge in [-0.15, -0.1) is 0 Å². The van der Waals surface area contributed by atoms with Gasteiger partial charge in [-0.05, 0) is 25.3 Å². The topological polar surface area (TPSA) is 60.9 Å². The molecule has 4 heteroatoms. The Hall–Kier alpha value is -1.65. The highest BCUT2D eigenvalue weighted by molar-refractivity contribution is 5.62. The molecule has 1 aromatic heterocycles. The van der Waals surface area contributed by atoms with Crippen LogP contribution in [0.2, 0.25) is 0 Å². The van der Waals surface area contributed by atoms with Gasteiger partial charge in [-0.25, -0.2) is 0 Å². The summed E-state index contributed by atoms with van der Waals surface area (Å²) in [7, 11) is 0. The number of aliphatic hydroxyl groups is 1.